The number of thiocarbonyl (C=S) groups is 1. The molecule has 0 spiro atoms. The molecule has 2 N–H and O–H groups in total. The highest BCUT2D eigenvalue weighted by atomic mass is 32.1. The van der Waals surface area contributed by atoms with Gasteiger partial charge in [-0.25, -0.2) is 0 Å². The number of ether oxygens (including phenoxy) is 2. The molecule has 0 aromatic heterocycles. The molecule has 0 bridgehead atoms. The molecule has 0 aliphatic heterocycles. The minimum Gasteiger partial charge on any atom is -0.493 e. The minimum atomic E-state index is 0.107. The number of para-hydroxylation sites is 1. The molecule has 0 fully saturated rings. The van der Waals surface area contributed by atoms with Crippen molar-refractivity contribution in [2.24, 2.45) is 0 Å². The second-order valence-corrected chi connectivity index (χ2v) is 5.73. The summed E-state index contributed by atoms with van der Waals surface area (Å²) in [5.74, 6) is 1.47. The van der Waals surface area contributed by atoms with Crippen LogP contribution in [0.25, 0.3) is 0 Å². The van der Waals surface area contributed by atoms with Crippen LogP contribution in [-0.4, -0.2) is 18.3 Å². The van der Waals surface area contributed by atoms with E-state index in [1.54, 1.807) is 7.11 Å². The quantitative estimate of drug-likeness (QED) is 0.785. The van der Waals surface area contributed by atoms with Crippen LogP contribution in [-0.2, 0) is 6.54 Å². The average molecular weight is 330 g/mol. The van der Waals surface area contributed by atoms with Crippen LogP contribution in [0.3, 0.4) is 0 Å². The molecule has 0 aliphatic rings. The summed E-state index contributed by atoms with van der Waals surface area (Å²) in [6.07, 6.45) is 0.107. The molecule has 0 aliphatic carbocycles. The van der Waals surface area contributed by atoms with Crippen LogP contribution >= 0.6 is 12.2 Å². The molecule has 0 heterocycles. The molecule has 0 saturated carbocycles. The summed E-state index contributed by atoms with van der Waals surface area (Å²) >= 11 is 5.30. The normalized spacial score (nSPS) is 10.3. The van der Waals surface area contributed by atoms with E-state index in [1.807, 2.05) is 62.4 Å². The van der Waals surface area contributed by atoms with Gasteiger partial charge in [-0.1, -0.05) is 24.3 Å². The monoisotopic (exact) mass is 330 g/mol. The first kappa shape index (κ1) is 17.1. The summed E-state index contributed by atoms with van der Waals surface area (Å²) in [5.41, 5.74) is 2.03. The number of methoxy groups -OCH3 is 1. The second kappa shape index (κ2) is 8.39. The first-order valence-electron chi connectivity index (χ1n) is 7.52. The van der Waals surface area contributed by atoms with Crippen LogP contribution in [0, 0.1) is 0 Å². The van der Waals surface area contributed by atoms with Gasteiger partial charge >= 0.3 is 0 Å². The van der Waals surface area contributed by atoms with Gasteiger partial charge in [-0.15, -0.1) is 0 Å². The summed E-state index contributed by atoms with van der Waals surface area (Å²) in [4.78, 5) is 0. The summed E-state index contributed by atoms with van der Waals surface area (Å²) in [6.45, 7) is 4.59. The lowest BCUT2D eigenvalue weighted by atomic mass is 10.2. The Labute approximate surface area is 142 Å². The van der Waals surface area contributed by atoms with Crippen LogP contribution in [0.15, 0.2) is 48.5 Å². The molecule has 122 valence electrons. The fourth-order valence-corrected chi connectivity index (χ4v) is 2.24. The van der Waals surface area contributed by atoms with Crippen molar-refractivity contribution in [2.45, 2.75) is 26.5 Å². The van der Waals surface area contributed by atoms with Crippen LogP contribution in [0.4, 0.5) is 5.69 Å². The largest absolute Gasteiger partial charge is 0.493 e. The molecule has 0 unspecified atom stereocenters. The number of anilines is 1. The summed E-state index contributed by atoms with van der Waals surface area (Å²) in [7, 11) is 1.64. The Bertz CT molecular complexity index is 645. The van der Waals surface area contributed by atoms with Crippen LogP contribution in [0.2, 0.25) is 0 Å². The highest BCUT2D eigenvalue weighted by molar-refractivity contribution is 7.80. The first-order chi connectivity index (χ1) is 11.1. The molecule has 2 aromatic rings. The Morgan fingerprint density at radius 3 is 2.48 bits per heavy atom. The van der Waals surface area contributed by atoms with E-state index in [2.05, 4.69) is 10.6 Å². The zero-order valence-electron chi connectivity index (χ0n) is 13.6. The molecule has 0 amide bonds. The summed E-state index contributed by atoms with van der Waals surface area (Å²) in [5, 5.41) is 6.91. The maximum Gasteiger partial charge on any atom is 0.171 e. The number of hydrogen-bond donors (Lipinski definition) is 2. The molecule has 23 heavy (non-hydrogen) atoms. The van der Waals surface area contributed by atoms with Crippen molar-refractivity contribution in [3.05, 3.63) is 54.1 Å². The van der Waals surface area contributed by atoms with Crippen molar-refractivity contribution in [3.63, 3.8) is 0 Å². The Morgan fingerprint density at radius 2 is 1.83 bits per heavy atom. The minimum absolute atomic E-state index is 0.107. The molecule has 5 heteroatoms. The fourth-order valence-electron chi connectivity index (χ4n) is 2.05. The van der Waals surface area contributed by atoms with Crippen molar-refractivity contribution in [1.82, 2.24) is 5.32 Å². The van der Waals surface area contributed by atoms with Crippen molar-refractivity contribution in [1.29, 1.82) is 0 Å². The second-order valence-electron chi connectivity index (χ2n) is 5.33. The lowest BCUT2D eigenvalue weighted by molar-refractivity contribution is 0.230. The Kier molecular flexibility index (Phi) is 6.23. The molecular weight excluding hydrogens is 308 g/mol. The van der Waals surface area contributed by atoms with Gasteiger partial charge in [0.25, 0.3) is 0 Å². The predicted molar refractivity (Wildman–Crippen MR) is 98.3 cm³/mol. The summed E-state index contributed by atoms with van der Waals surface area (Å²) in [6, 6.07) is 15.7. The van der Waals surface area contributed by atoms with Gasteiger partial charge in [-0.05, 0) is 55.9 Å². The topological polar surface area (TPSA) is 42.5 Å². The van der Waals surface area contributed by atoms with E-state index in [-0.39, 0.29) is 6.10 Å². The van der Waals surface area contributed by atoms with E-state index >= 15 is 0 Å². The Morgan fingerprint density at radius 1 is 1.09 bits per heavy atom. The first-order valence-corrected chi connectivity index (χ1v) is 7.93. The molecule has 0 saturated heterocycles. The maximum atomic E-state index is 5.71. The molecule has 2 rings (SSSR count). The van der Waals surface area contributed by atoms with Gasteiger partial charge in [0.1, 0.15) is 0 Å². The van der Waals surface area contributed by atoms with E-state index < -0.39 is 0 Å². The lowest BCUT2D eigenvalue weighted by Gasteiger charge is -2.15. The number of benzene rings is 2. The number of hydrogen-bond acceptors (Lipinski definition) is 3. The van der Waals surface area contributed by atoms with Crippen LogP contribution in [0.5, 0.6) is 11.5 Å². The summed E-state index contributed by atoms with van der Waals surface area (Å²) < 4.78 is 11.1. The molecule has 2 aromatic carbocycles. The van der Waals surface area contributed by atoms with Gasteiger partial charge in [0.05, 0.1) is 13.2 Å². The third kappa shape index (κ3) is 5.45. The zero-order chi connectivity index (χ0) is 16.7. The molecular formula is C18H22N2O2S. The van der Waals surface area contributed by atoms with Gasteiger partial charge in [-0.3, -0.25) is 0 Å². The van der Waals surface area contributed by atoms with Crippen LogP contribution in [0.1, 0.15) is 19.4 Å². The zero-order valence-corrected chi connectivity index (χ0v) is 14.4. The standard InChI is InChI=1S/C18H22N2O2S/c1-13(2)22-16-10-9-14(11-17(16)21-3)12-19-18(23)20-15-7-5-4-6-8-15/h4-11,13H,12H2,1-3H3,(H2,19,20,23). The lowest BCUT2D eigenvalue weighted by Crippen LogP contribution is -2.27. The third-order valence-electron chi connectivity index (χ3n) is 3.08. The van der Waals surface area contributed by atoms with Gasteiger partial charge in [-0.2, -0.15) is 0 Å². The highest BCUT2D eigenvalue weighted by Crippen LogP contribution is 2.28. The SMILES string of the molecule is COc1cc(CNC(=S)Nc2ccccc2)ccc1OC(C)C. The number of nitrogens with one attached hydrogen (secondary N) is 2. The van der Waals surface area contributed by atoms with Crippen molar-refractivity contribution >= 4 is 23.0 Å². The van der Waals surface area contributed by atoms with E-state index in [0.717, 1.165) is 22.7 Å². The number of rotatable bonds is 6. The maximum absolute atomic E-state index is 5.71. The third-order valence-corrected chi connectivity index (χ3v) is 3.32. The smallest absolute Gasteiger partial charge is 0.171 e. The van der Waals surface area contributed by atoms with E-state index in [4.69, 9.17) is 21.7 Å². The average Bonchev–Trinajstić information content (AvgIpc) is 2.54. The van der Waals surface area contributed by atoms with E-state index in [0.29, 0.717) is 11.7 Å². The highest BCUT2D eigenvalue weighted by Gasteiger charge is 2.08. The van der Waals surface area contributed by atoms with E-state index in [1.165, 1.54) is 0 Å². The van der Waals surface area contributed by atoms with Gasteiger partial charge in [0.2, 0.25) is 0 Å². The predicted octanol–water partition coefficient (Wildman–Crippen LogP) is 3.97. The van der Waals surface area contributed by atoms with Crippen molar-refractivity contribution in [2.75, 3.05) is 12.4 Å². The Balaban J connectivity index is 1.93. The molecule has 0 radical (unpaired) electrons. The van der Waals surface area contributed by atoms with E-state index in [9.17, 15) is 0 Å². The Hall–Kier alpha value is -2.27. The fraction of sp³-hybridized carbons (Fsp3) is 0.278. The van der Waals surface area contributed by atoms with Crippen LogP contribution < -0.4 is 20.1 Å². The van der Waals surface area contributed by atoms with Crippen molar-refractivity contribution in [3.8, 4) is 11.5 Å². The van der Waals surface area contributed by atoms with Crippen molar-refractivity contribution < 1.29 is 9.47 Å². The molecule has 0 atom stereocenters. The molecule has 4 nitrogen and oxygen atoms in total. The van der Waals surface area contributed by atoms with Gasteiger partial charge < -0.3 is 20.1 Å². The van der Waals surface area contributed by atoms with Gasteiger partial charge in [0.15, 0.2) is 16.6 Å². The van der Waals surface area contributed by atoms with Gasteiger partial charge in [0, 0.05) is 12.2 Å².